The standard InChI is InChI=1S/C20H28N4O4S2/c1-14-18(29-15(2)21-14)30(26,27)22-16-8-6-7-9-17(16)23-10-12-24(13-11-23)19(25)28-20(3,4)5/h6-9,22H,10-13H2,1-5H3. The molecule has 8 nitrogen and oxygen atoms in total. The van der Waals surface area contributed by atoms with Gasteiger partial charge in [0.2, 0.25) is 0 Å². The molecule has 3 rings (SSSR count). The molecule has 2 heterocycles. The minimum atomic E-state index is -3.73. The number of carbonyl (C=O) groups is 1. The van der Waals surface area contributed by atoms with Crippen molar-refractivity contribution in [2.45, 2.75) is 44.4 Å². The molecule has 1 saturated heterocycles. The molecule has 1 fully saturated rings. The van der Waals surface area contributed by atoms with Gasteiger partial charge in [-0.15, -0.1) is 11.3 Å². The van der Waals surface area contributed by atoms with Gasteiger partial charge in [-0.3, -0.25) is 4.72 Å². The molecule has 1 aliphatic rings. The first-order valence-corrected chi connectivity index (χ1v) is 12.0. The van der Waals surface area contributed by atoms with Crippen molar-refractivity contribution in [2.75, 3.05) is 35.8 Å². The first-order chi connectivity index (χ1) is 14.0. The molecule has 2 aromatic rings. The maximum absolute atomic E-state index is 12.9. The number of hydrogen-bond acceptors (Lipinski definition) is 7. The van der Waals surface area contributed by atoms with E-state index in [1.165, 1.54) is 0 Å². The van der Waals surface area contributed by atoms with Crippen LogP contribution in [0.3, 0.4) is 0 Å². The molecular weight excluding hydrogens is 424 g/mol. The Morgan fingerprint density at radius 2 is 1.77 bits per heavy atom. The highest BCUT2D eigenvalue weighted by molar-refractivity contribution is 7.94. The lowest BCUT2D eigenvalue weighted by Gasteiger charge is -2.37. The number of aryl methyl sites for hydroxylation is 2. The van der Waals surface area contributed by atoms with Crippen LogP contribution in [0.4, 0.5) is 16.2 Å². The van der Waals surface area contributed by atoms with Crippen LogP contribution >= 0.6 is 11.3 Å². The molecule has 0 spiro atoms. The average Bonchev–Trinajstić information content (AvgIpc) is 3.00. The van der Waals surface area contributed by atoms with Crippen molar-refractivity contribution < 1.29 is 17.9 Å². The third-order valence-electron chi connectivity index (χ3n) is 4.53. The van der Waals surface area contributed by atoms with Gasteiger partial charge in [0.25, 0.3) is 10.0 Å². The Labute approximate surface area is 181 Å². The lowest BCUT2D eigenvalue weighted by molar-refractivity contribution is 0.0240. The Morgan fingerprint density at radius 1 is 1.13 bits per heavy atom. The SMILES string of the molecule is Cc1nc(C)c(S(=O)(=O)Nc2ccccc2N2CCN(C(=O)OC(C)(C)C)CC2)s1. The number of piperazine rings is 1. The summed E-state index contributed by atoms with van der Waals surface area (Å²) in [5, 5.41) is 0.708. The van der Waals surface area contributed by atoms with Crippen LogP contribution in [0.1, 0.15) is 31.5 Å². The van der Waals surface area contributed by atoms with E-state index in [1.54, 1.807) is 30.9 Å². The molecule has 0 atom stereocenters. The molecule has 1 N–H and O–H groups in total. The zero-order valence-electron chi connectivity index (χ0n) is 17.9. The predicted molar refractivity (Wildman–Crippen MR) is 119 cm³/mol. The second kappa shape index (κ2) is 8.43. The number of sulfonamides is 1. The number of benzene rings is 1. The number of nitrogens with one attached hydrogen (secondary N) is 1. The number of para-hydroxylation sites is 2. The number of aromatic nitrogens is 1. The number of ether oxygens (including phenoxy) is 1. The van der Waals surface area contributed by atoms with Gasteiger partial charge in [-0.25, -0.2) is 18.2 Å². The largest absolute Gasteiger partial charge is 0.444 e. The van der Waals surface area contributed by atoms with Gasteiger partial charge in [0, 0.05) is 26.2 Å². The molecule has 0 saturated carbocycles. The Balaban J connectivity index is 1.74. The van der Waals surface area contributed by atoms with Crippen LogP contribution in [-0.4, -0.2) is 56.2 Å². The van der Waals surface area contributed by atoms with E-state index < -0.39 is 15.6 Å². The molecule has 0 unspecified atom stereocenters. The van der Waals surface area contributed by atoms with E-state index in [1.807, 2.05) is 32.9 Å². The smallest absolute Gasteiger partial charge is 0.410 e. The number of nitrogens with zero attached hydrogens (tertiary/aromatic N) is 3. The zero-order valence-corrected chi connectivity index (χ0v) is 19.6. The summed E-state index contributed by atoms with van der Waals surface area (Å²) in [5.41, 5.74) is 1.25. The van der Waals surface area contributed by atoms with Gasteiger partial charge in [-0.05, 0) is 46.8 Å². The van der Waals surface area contributed by atoms with Gasteiger partial charge in [0.15, 0.2) is 4.21 Å². The monoisotopic (exact) mass is 452 g/mol. The van der Waals surface area contributed by atoms with E-state index in [2.05, 4.69) is 14.6 Å². The van der Waals surface area contributed by atoms with E-state index >= 15 is 0 Å². The van der Waals surface area contributed by atoms with Gasteiger partial charge in [-0.2, -0.15) is 0 Å². The van der Waals surface area contributed by atoms with Crippen molar-refractivity contribution in [1.82, 2.24) is 9.88 Å². The summed E-state index contributed by atoms with van der Waals surface area (Å²) in [6.07, 6.45) is -0.327. The van der Waals surface area contributed by atoms with Crippen molar-refractivity contribution in [3.8, 4) is 0 Å². The number of carbonyl (C=O) groups excluding carboxylic acids is 1. The van der Waals surface area contributed by atoms with E-state index in [0.717, 1.165) is 17.0 Å². The average molecular weight is 453 g/mol. The minimum Gasteiger partial charge on any atom is -0.444 e. The number of thiazole rings is 1. The molecule has 0 aliphatic carbocycles. The lowest BCUT2D eigenvalue weighted by atomic mass is 10.2. The summed E-state index contributed by atoms with van der Waals surface area (Å²) in [6.45, 7) is 11.2. The molecule has 0 radical (unpaired) electrons. The molecule has 164 valence electrons. The molecule has 1 amide bonds. The highest BCUT2D eigenvalue weighted by Crippen LogP contribution is 2.31. The van der Waals surface area contributed by atoms with Crippen LogP contribution in [0.25, 0.3) is 0 Å². The Hall–Kier alpha value is -2.33. The van der Waals surface area contributed by atoms with Crippen LogP contribution < -0.4 is 9.62 Å². The topological polar surface area (TPSA) is 91.8 Å². The maximum Gasteiger partial charge on any atom is 0.410 e. The summed E-state index contributed by atoms with van der Waals surface area (Å²) in [7, 11) is -3.73. The fourth-order valence-electron chi connectivity index (χ4n) is 3.25. The molecular formula is C20H28N4O4S2. The number of hydrogen-bond donors (Lipinski definition) is 1. The second-order valence-electron chi connectivity index (χ2n) is 8.18. The summed E-state index contributed by atoms with van der Waals surface area (Å²) in [4.78, 5) is 20.3. The predicted octanol–water partition coefficient (Wildman–Crippen LogP) is 3.62. The summed E-state index contributed by atoms with van der Waals surface area (Å²) in [5.74, 6) is 0. The van der Waals surface area contributed by atoms with Crippen LogP contribution in [0.15, 0.2) is 28.5 Å². The van der Waals surface area contributed by atoms with Gasteiger partial charge in [-0.1, -0.05) is 12.1 Å². The Kier molecular flexibility index (Phi) is 6.28. The normalized spacial score (nSPS) is 15.2. The van der Waals surface area contributed by atoms with Gasteiger partial charge in [0.1, 0.15) is 5.60 Å². The van der Waals surface area contributed by atoms with E-state index in [0.29, 0.717) is 42.6 Å². The highest BCUT2D eigenvalue weighted by atomic mass is 32.2. The molecule has 1 aromatic heterocycles. The van der Waals surface area contributed by atoms with Crippen molar-refractivity contribution in [3.63, 3.8) is 0 Å². The highest BCUT2D eigenvalue weighted by Gasteiger charge is 2.28. The molecule has 10 heteroatoms. The van der Waals surface area contributed by atoms with Gasteiger partial charge in [0.05, 0.1) is 22.1 Å². The van der Waals surface area contributed by atoms with Crippen LogP contribution in [0, 0.1) is 13.8 Å². The molecule has 1 aliphatic heterocycles. The third-order valence-corrected chi connectivity index (χ3v) is 7.57. The maximum atomic E-state index is 12.9. The minimum absolute atomic E-state index is 0.226. The first kappa shape index (κ1) is 22.4. The Morgan fingerprint density at radius 3 is 2.33 bits per heavy atom. The number of anilines is 2. The second-order valence-corrected chi connectivity index (χ2v) is 11.3. The van der Waals surface area contributed by atoms with E-state index in [9.17, 15) is 13.2 Å². The fraction of sp³-hybridized carbons (Fsp3) is 0.500. The number of amides is 1. The van der Waals surface area contributed by atoms with Crippen LogP contribution in [0.2, 0.25) is 0 Å². The fourth-order valence-corrected chi connectivity index (χ4v) is 5.80. The zero-order chi connectivity index (χ0) is 22.1. The quantitative estimate of drug-likeness (QED) is 0.762. The summed E-state index contributed by atoms with van der Waals surface area (Å²) >= 11 is 1.16. The van der Waals surface area contributed by atoms with Crippen molar-refractivity contribution >= 4 is 38.8 Å². The molecule has 1 aromatic carbocycles. The molecule has 0 bridgehead atoms. The van der Waals surface area contributed by atoms with Gasteiger partial charge >= 0.3 is 6.09 Å². The van der Waals surface area contributed by atoms with E-state index in [-0.39, 0.29) is 10.3 Å². The first-order valence-electron chi connectivity index (χ1n) is 9.75. The third kappa shape index (κ3) is 5.23. The van der Waals surface area contributed by atoms with Crippen LogP contribution in [0.5, 0.6) is 0 Å². The molecule has 30 heavy (non-hydrogen) atoms. The number of rotatable bonds is 4. The van der Waals surface area contributed by atoms with Crippen molar-refractivity contribution in [2.24, 2.45) is 0 Å². The van der Waals surface area contributed by atoms with Crippen LogP contribution in [-0.2, 0) is 14.8 Å². The summed E-state index contributed by atoms with van der Waals surface area (Å²) < 4.78 is 34.2. The lowest BCUT2D eigenvalue weighted by Crippen LogP contribution is -2.50. The summed E-state index contributed by atoms with van der Waals surface area (Å²) in [6, 6.07) is 7.29. The van der Waals surface area contributed by atoms with Gasteiger partial charge < -0.3 is 14.5 Å². The Bertz CT molecular complexity index is 1020. The van der Waals surface area contributed by atoms with Crippen molar-refractivity contribution in [1.29, 1.82) is 0 Å². The van der Waals surface area contributed by atoms with E-state index in [4.69, 9.17) is 4.74 Å². The van der Waals surface area contributed by atoms with Crippen molar-refractivity contribution in [3.05, 3.63) is 35.0 Å².